The molecule has 0 radical (unpaired) electrons. The van der Waals surface area contributed by atoms with E-state index in [1.54, 1.807) is 7.11 Å². The number of hydrogen-bond acceptors (Lipinski definition) is 3. The van der Waals surface area contributed by atoms with Gasteiger partial charge in [0.25, 0.3) is 0 Å². The Kier molecular flexibility index (Phi) is 5.96. The van der Waals surface area contributed by atoms with Crippen molar-refractivity contribution >= 4 is 15.9 Å². The van der Waals surface area contributed by atoms with E-state index in [1.807, 2.05) is 12.1 Å². The number of methoxy groups -OCH3 is 1. The van der Waals surface area contributed by atoms with Crippen molar-refractivity contribution in [2.24, 2.45) is 5.41 Å². The third-order valence-corrected chi connectivity index (χ3v) is 4.34. The summed E-state index contributed by atoms with van der Waals surface area (Å²) in [7, 11) is 1.70. The van der Waals surface area contributed by atoms with Gasteiger partial charge < -0.3 is 14.8 Å². The predicted octanol–water partition coefficient (Wildman–Crippen LogP) is 2.77. The number of rotatable bonds is 7. The Hall–Kier alpha value is -0.490. The van der Waals surface area contributed by atoms with Crippen LogP contribution in [-0.2, 0) is 15.9 Å². The van der Waals surface area contributed by atoms with Crippen LogP contribution in [0.25, 0.3) is 0 Å². The summed E-state index contributed by atoms with van der Waals surface area (Å²) < 4.78 is 24.5. The second-order valence-electron chi connectivity index (χ2n) is 5.40. The average molecular weight is 346 g/mol. The molecular weight excluding hydrogens is 325 g/mol. The summed E-state index contributed by atoms with van der Waals surface area (Å²) in [6.07, 6.45) is 1.92. The molecule has 1 saturated heterocycles. The fourth-order valence-corrected chi connectivity index (χ4v) is 3.03. The maximum atomic E-state index is 13.3. The molecular formula is C15H21BrFNO2. The van der Waals surface area contributed by atoms with Crippen molar-refractivity contribution in [3.63, 3.8) is 0 Å². The highest BCUT2D eigenvalue weighted by molar-refractivity contribution is 9.10. The zero-order chi connectivity index (χ0) is 14.4. The SMILES string of the molecule is COCCNCC1(Cc2ccc(F)c(Br)c2)CCOC1. The molecule has 3 nitrogen and oxygen atoms in total. The second kappa shape index (κ2) is 7.50. The van der Waals surface area contributed by atoms with Gasteiger partial charge in [0.2, 0.25) is 0 Å². The molecule has 1 heterocycles. The number of halogens is 2. The standard InChI is InChI=1S/C15H21BrFNO2/c1-19-7-5-18-10-15(4-6-20-11-15)9-12-2-3-14(17)13(16)8-12/h2-3,8,18H,4-7,9-11H2,1H3. The molecule has 20 heavy (non-hydrogen) atoms. The smallest absolute Gasteiger partial charge is 0.137 e. The van der Waals surface area contributed by atoms with Gasteiger partial charge in [0.1, 0.15) is 5.82 Å². The molecule has 0 bridgehead atoms. The van der Waals surface area contributed by atoms with Crippen LogP contribution in [0.15, 0.2) is 22.7 Å². The second-order valence-corrected chi connectivity index (χ2v) is 6.25. The number of ether oxygens (including phenoxy) is 2. The van der Waals surface area contributed by atoms with Crippen molar-refractivity contribution < 1.29 is 13.9 Å². The number of hydrogen-bond donors (Lipinski definition) is 1. The van der Waals surface area contributed by atoms with Crippen LogP contribution >= 0.6 is 15.9 Å². The molecule has 1 aliphatic heterocycles. The van der Waals surface area contributed by atoms with Gasteiger partial charge in [-0.15, -0.1) is 0 Å². The van der Waals surface area contributed by atoms with Crippen LogP contribution in [-0.4, -0.2) is 40.0 Å². The zero-order valence-electron chi connectivity index (χ0n) is 11.8. The molecule has 0 amide bonds. The van der Waals surface area contributed by atoms with Crippen molar-refractivity contribution in [2.45, 2.75) is 12.8 Å². The minimum atomic E-state index is -0.219. The molecule has 1 atom stereocenters. The van der Waals surface area contributed by atoms with Crippen LogP contribution in [0.1, 0.15) is 12.0 Å². The first-order valence-corrected chi connectivity index (χ1v) is 7.66. The topological polar surface area (TPSA) is 30.5 Å². The van der Waals surface area contributed by atoms with Crippen molar-refractivity contribution in [1.82, 2.24) is 5.32 Å². The van der Waals surface area contributed by atoms with E-state index in [4.69, 9.17) is 9.47 Å². The van der Waals surface area contributed by atoms with Gasteiger partial charge in [-0.05, 0) is 46.5 Å². The first kappa shape index (κ1) is 15.9. The monoisotopic (exact) mass is 345 g/mol. The fraction of sp³-hybridized carbons (Fsp3) is 0.600. The lowest BCUT2D eigenvalue weighted by Gasteiger charge is -2.28. The molecule has 1 aliphatic rings. The van der Waals surface area contributed by atoms with Crippen molar-refractivity contribution in [3.05, 3.63) is 34.1 Å². The van der Waals surface area contributed by atoms with Gasteiger partial charge in [0, 0.05) is 32.2 Å². The third-order valence-electron chi connectivity index (χ3n) is 3.73. The zero-order valence-corrected chi connectivity index (χ0v) is 13.3. The Bertz CT molecular complexity index is 436. The van der Waals surface area contributed by atoms with Crippen molar-refractivity contribution in [3.8, 4) is 0 Å². The van der Waals surface area contributed by atoms with Gasteiger partial charge in [-0.1, -0.05) is 6.07 Å². The van der Waals surface area contributed by atoms with Crippen LogP contribution < -0.4 is 5.32 Å². The molecule has 112 valence electrons. The Labute approximate surface area is 128 Å². The van der Waals surface area contributed by atoms with Crippen LogP contribution in [0, 0.1) is 11.2 Å². The van der Waals surface area contributed by atoms with Crippen molar-refractivity contribution in [1.29, 1.82) is 0 Å². The maximum absolute atomic E-state index is 13.3. The summed E-state index contributed by atoms with van der Waals surface area (Å²) in [5.41, 5.74) is 1.24. The molecule has 1 fully saturated rings. The van der Waals surface area contributed by atoms with Gasteiger partial charge in [0.05, 0.1) is 17.7 Å². The highest BCUT2D eigenvalue weighted by Gasteiger charge is 2.34. The molecule has 1 aromatic rings. The van der Waals surface area contributed by atoms with Gasteiger partial charge in [-0.3, -0.25) is 0 Å². The number of benzene rings is 1. The highest BCUT2D eigenvalue weighted by Crippen LogP contribution is 2.33. The van der Waals surface area contributed by atoms with E-state index >= 15 is 0 Å². The molecule has 1 N–H and O–H groups in total. The van der Waals surface area contributed by atoms with E-state index in [2.05, 4.69) is 21.2 Å². The fourth-order valence-electron chi connectivity index (χ4n) is 2.60. The first-order chi connectivity index (χ1) is 9.65. The van der Waals surface area contributed by atoms with Gasteiger partial charge in [-0.2, -0.15) is 0 Å². The lowest BCUT2D eigenvalue weighted by atomic mass is 9.81. The van der Waals surface area contributed by atoms with Gasteiger partial charge in [-0.25, -0.2) is 4.39 Å². The summed E-state index contributed by atoms with van der Waals surface area (Å²) in [4.78, 5) is 0. The van der Waals surface area contributed by atoms with Crippen molar-refractivity contribution in [2.75, 3.05) is 40.0 Å². The molecule has 1 unspecified atom stereocenters. The highest BCUT2D eigenvalue weighted by atomic mass is 79.9. The summed E-state index contributed by atoms with van der Waals surface area (Å²) in [5.74, 6) is -0.219. The minimum absolute atomic E-state index is 0.102. The minimum Gasteiger partial charge on any atom is -0.383 e. The lowest BCUT2D eigenvalue weighted by Crippen LogP contribution is -2.38. The maximum Gasteiger partial charge on any atom is 0.137 e. The Morgan fingerprint density at radius 2 is 2.35 bits per heavy atom. The van der Waals surface area contributed by atoms with Gasteiger partial charge in [0.15, 0.2) is 0 Å². The average Bonchev–Trinajstić information content (AvgIpc) is 2.88. The quantitative estimate of drug-likeness (QED) is 0.771. The first-order valence-electron chi connectivity index (χ1n) is 6.87. The van der Waals surface area contributed by atoms with E-state index in [0.29, 0.717) is 11.1 Å². The molecule has 5 heteroatoms. The molecule has 0 aromatic heterocycles. The summed E-state index contributed by atoms with van der Waals surface area (Å²) in [6, 6.07) is 5.24. The van der Waals surface area contributed by atoms with E-state index in [1.165, 1.54) is 6.07 Å². The van der Waals surface area contributed by atoms with Crippen LogP contribution in [0.2, 0.25) is 0 Å². The lowest BCUT2D eigenvalue weighted by molar-refractivity contribution is 0.145. The van der Waals surface area contributed by atoms with E-state index in [0.717, 1.165) is 44.7 Å². The Balaban J connectivity index is 1.99. The summed E-state index contributed by atoms with van der Waals surface area (Å²) in [6.45, 7) is 3.99. The Morgan fingerprint density at radius 3 is 3.00 bits per heavy atom. The Morgan fingerprint density at radius 1 is 1.50 bits per heavy atom. The van der Waals surface area contributed by atoms with Crippen LogP contribution in [0.5, 0.6) is 0 Å². The number of nitrogens with one attached hydrogen (secondary N) is 1. The molecule has 1 aromatic carbocycles. The predicted molar refractivity (Wildman–Crippen MR) is 80.4 cm³/mol. The van der Waals surface area contributed by atoms with E-state index in [9.17, 15) is 4.39 Å². The summed E-state index contributed by atoms with van der Waals surface area (Å²) >= 11 is 3.25. The third kappa shape index (κ3) is 4.25. The van der Waals surface area contributed by atoms with Crippen LogP contribution in [0.3, 0.4) is 0 Å². The van der Waals surface area contributed by atoms with E-state index < -0.39 is 0 Å². The molecule has 0 spiro atoms. The van der Waals surface area contributed by atoms with Crippen LogP contribution in [0.4, 0.5) is 4.39 Å². The molecule has 0 aliphatic carbocycles. The largest absolute Gasteiger partial charge is 0.383 e. The molecule has 2 rings (SSSR count). The van der Waals surface area contributed by atoms with Gasteiger partial charge >= 0.3 is 0 Å². The normalized spacial score (nSPS) is 22.4. The molecule has 0 saturated carbocycles. The van der Waals surface area contributed by atoms with E-state index in [-0.39, 0.29) is 11.2 Å². The summed E-state index contributed by atoms with van der Waals surface area (Å²) in [5, 5.41) is 3.42.